The van der Waals surface area contributed by atoms with Gasteiger partial charge in [0.2, 0.25) is 0 Å². The minimum absolute atomic E-state index is 0.485. The summed E-state index contributed by atoms with van der Waals surface area (Å²) in [6.45, 7) is 5.09. The normalized spacial score (nSPS) is 19.5. The molecule has 120 valence electrons. The van der Waals surface area contributed by atoms with E-state index in [9.17, 15) is 0 Å². The molecule has 23 heavy (non-hydrogen) atoms. The molecule has 0 spiro atoms. The van der Waals surface area contributed by atoms with Gasteiger partial charge in [0, 0.05) is 43.0 Å². The van der Waals surface area contributed by atoms with Gasteiger partial charge in [0.25, 0.3) is 0 Å². The maximum absolute atomic E-state index is 4.90. The van der Waals surface area contributed by atoms with Gasteiger partial charge in [-0.3, -0.25) is 9.58 Å². The first-order valence-electron chi connectivity index (χ1n) is 8.21. The molecule has 6 heteroatoms. The van der Waals surface area contributed by atoms with Crippen molar-refractivity contribution < 1.29 is 0 Å². The van der Waals surface area contributed by atoms with Gasteiger partial charge in [0.1, 0.15) is 5.82 Å². The van der Waals surface area contributed by atoms with Crippen LogP contribution in [0.1, 0.15) is 36.0 Å². The van der Waals surface area contributed by atoms with Crippen molar-refractivity contribution >= 4 is 11.0 Å². The van der Waals surface area contributed by atoms with Crippen LogP contribution in [0.4, 0.5) is 0 Å². The molecular weight excluding hydrogens is 288 g/mol. The molecule has 6 nitrogen and oxygen atoms in total. The Hall–Kier alpha value is -2.21. The number of aromatic amines is 1. The number of pyridine rings is 1. The molecule has 4 rings (SSSR count). The van der Waals surface area contributed by atoms with Crippen molar-refractivity contribution in [2.24, 2.45) is 7.05 Å². The molecule has 0 unspecified atom stereocenters. The van der Waals surface area contributed by atoms with Gasteiger partial charge >= 0.3 is 0 Å². The highest BCUT2D eigenvalue weighted by atomic mass is 15.3. The number of imidazole rings is 1. The molecule has 0 bridgehead atoms. The third kappa shape index (κ3) is 2.74. The molecular formula is C17H22N6. The van der Waals surface area contributed by atoms with Crippen molar-refractivity contribution in [3.63, 3.8) is 0 Å². The van der Waals surface area contributed by atoms with Gasteiger partial charge in [-0.25, -0.2) is 9.97 Å². The topological polar surface area (TPSA) is 62.6 Å². The van der Waals surface area contributed by atoms with Crippen molar-refractivity contribution in [1.29, 1.82) is 0 Å². The number of nitrogens with zero attached hydrogens (tertiary/aromatic N) is 5. The first-order chi connectivity index (χ1) is 11.2. The van der Waals surface area contributed by atoms with E-state index >= 15 is 0 Å². The van der Waals surface area contributed by atoms with E-state index in [-0.39, 0.29) is 0 Å². The fourth-order valence-electron chi connectivity index (χ4n) is 3.58. The molecule has 0 aliphatic carbocycles. The van der Waals surface area contributed by atoms with Crippen LogP contribution in [0.5, 0.6) is 0 Å². The summed E-state index contributed by atoms with van der Waals surface area (Å²) in [5.41, 5.74) is 3.22. The molecule has 0 radical (unpaired) electrons. The van der Waals surface area contributed by atoms with Crippen LogP contribution in [0.2, 0.25) is 0 Å². The first kappa shape index (κ1) is 14.4. The van der Waals surface area contributed by atoms with Gasteiger partial charge in [-0.05, 0) is 38.4 Å². The Morgan fingerprint density at radius 1 is 1.35 bits per heavy atom. The maximum atomic E-state index is 4.90. The van der Waals surface area contributed by atoms with Gasteiger partial charge in [-0.2, -0.15) is 5.10 Å². The molecule has 3 aromatic rings. The number of hydrogen-bond donors (Lipinski definition) is 1. The number of H-pyrrole nitrogens is 1. The number of aromatic nitrogens is 5. The summed E-state index contributed by atoms with van der Waals surface area (Å²) in [5, 5.41) is 5.62. The third-order valence-electron chi connectivity index (χ3n) is 4.74. The predicted molar refractivity (Wildman–Crippen MR) is 89.1 cm³/mol. The fraction of sp³-hybridized carbons (Fsp3) is 0.471. The highest BCUT2D eigenvalue weighted by Gasteiger charge is 2.23. The molecule has 0 saturated carbocycles. The fourth-order valence-corrected chi connectivity index (χ4v) is 3.58. The average Bonchev–Trinajstić information content (AvgIpc) is 3.16. The SMILES string of the molecule is Cc1nn(C)c2nc([C@@H]3CCCN(Cc4ncc[nH]4)C3)ccc12. The lowest BCUT2D eigenvalue weighted by molar-refractivity contribution is 0.195. The largest absolute Gasteiger partial charge is 0.348 e. The summed E-state index contributed by atoms with van der Waals surface area (Å²) < 4.78 is 1.89. The van der Waals surface area contributed by atoms with Crippen molar-refractivity contribution in [2.75, 3.05) is 13.1 Å². The second-order valence-electron chi connectivity index (χ2n) is 6.43. The summed E-state index contributed by atoms with van der Waals surface area (Å²) in [6.07, 6.45) is 6.10. The number of rotatable bonds is 3. The molecule has 1 aliphatic rings. The van der Waals surface area contributed by atoms with Gasteiger partial charge in [-0.15, -0.1) is 0 Å². The number of fused-ring (bicyclic) bond motifs is 1. The van der Waals surface area contributed by atoms with Gasteiger partial charge < -0.3 is 4.98 Å². The molecule has 4 heterocycles. The van der Waals surface area contributed by atoms with E-state index in [0.717, 1.165) is 42.2 Å². The molecule has 3 aromatic heterocycles. The number of hydrogen-bond acceptors (Lipinski definition) is 4. The van der Waals surface area contributed by atoms with Crippen LogP contribution in [0.15, 0.2) is 24.5 Å². The lowest BCUT2D eigenvalue weighted by Gasteiger charge is -2.31. The van der Waals surface area contributed by atoms with Gasteiger partial charge in [0.05, 0.1) is 12.2 Å². The maximum Gasteiger partial charge on any atom is 0.158 e. The zero-order valence-corrected chi connectivity index (χ0v) is 13.7. The van der Waals surface area contributed by atoms with E-state index in [1.807, 2.05) is 31.0 Å². The lowest BCUT2D eigenvalue weighted by atomic mass is 9.94. The Kier molecular flexibility index (Phi) is 3.61. The second-order valence-corrected chi connectivity index (χ2v) is 6.43. The lowest BCUT2D eigenvalue weighted by Crippen LogP contribution is -2.34. The van der Waals surface area contributed by atoms with Crippen LogP contribution in [-0.4, -0.2) is 42.7 Å². The summed E-state index contributed by atoms with van der Waals surface area (Å²) >= 11 is 0. The van der Waals surface area contributed by atoms with Crippen molar-refractivity contribution in [3.8, 4) is 0 Å². The smallest absolute Gasteiger partial charge is 0.158 e. The minimum Gasteiger partial charge on any atom is -0.348 e. The van der Waals surface area contributed by atoms with Crippen LogP contribution in [-0.2, 0) is 13.6 Å². The monoisotopic (exact) mass is 310 g/mol. The number of likely N-dealkylation sites (tertiary alicyclic amines) is 1. The minimum atomic E-state index is 0.485. The Morgan fingerprint density at radius 2 is 2.26 bits per heavy atom. The van der Waals surface area contributed by atoms with Crippen molar-refractivity contribution in [2.45, 2.75) is 32.2 Å². The predicted octanol–water partition coefficient (Wildman–Crippen LogP) is 2.38. The van der Waals surface area contributed by atoms with Crippen LogP contribution in [0.25, 0.3) is 11.0 Å². The molecule has 0 amide bonds. The first-order valence-corrected chi connectivity index (χ1v) is 8.21. The number of nitrogens with one attached hydrogen (secondary N) is 1. The third-order valence-corrected chi connectivity index (χ3v) is 4.74. The zero-order valence-electron chi connectivity index (χ0n) is 13.7. The van der Waals surface area contributed by atoms with Crippen LogP contribution >= 0.6 is 0 Å². The quantitative estimate of drug-likeness (QED) is 0.807. The molecule has 1 aliphatic heterocycles. The van der Waals surface area contributed by atoms with E-state index in [1.54, 1.807) is 0 Å². The van der Waals surface area contributed by atoms with Gasteiger partial charge in [-0.1, -0.05) is 0 Å². The van der Waals surface area contributed by atoms with E-state index < -0.39 is 0 Å². The molecule has 1 saturated heterocycles. The van der Waals surface area contributed by atoms with E-state index in [2.05, 4.69) is 32.1 Å². The Bertz CT molecular complexity index is 804. The Morgan fingerprint density at radius 3 is 3.09 bits per heavy atom. The average molecular weight is 310 g/mol. The standard InChI is InChI=1S/C17H22N6/c1-12-14-5-6-15(20-17(14)22(2)21-12)13-4-3-9-23(10-13)11-16-18-7-8-19-16/h5-8,13H,3-4,9-11H2,1-2H3,(H,18,19)/t13-/m1/s1. The summed E-state index contributed by atoms with van der Waals surface area (Å²) in [7, 11) is 1.97. The van der Waals surface area contributed by atoms with E-state index in [1.165, 1.54) is 18.5 Å². The summed E-state index contributed by atoms with van der Waals surface area (Å²) in [5.74, 6) is 1.52. The molecule has 0 aromatic carbocycles. The highest BCUT2D eigenvalue weighted by molar-refractivity contribution is 5.78. The zero-order chi connectivity index (χ0) is 15.8. The van der Waals surface area contributed by atoms with Crippen LogP contribution in [0, 0.1) is 6.92 Å². The second kappa shape index (κ2) is 5.77. The van der Waals surface area contributed by atoms with Crippen LogP contribution < -0.4 is 0 Å². The van der Waals surface area contributed by atoms with Gasteiger partial charge in [0.15, 0.2) is 5.65 Å². The Labute approximate surface area is 135 Å². The summed E-state index contributed by atoms with van der Waals surface area (Å²) in [6, 6.07) is 4.35. The number of aryl methyl sites for hydroxylation is 2. The van der Waals surface area contributed by atoms with Crippen molar-refractivity contribution in [1.82, 2.24) is 29.6 Å². The van der Waals surface area contributed by atoms with Crippen molar-refractivity contribution in [3.05, 3.63) is 41.7 Å². The Balaban J connectivity index is 1.56. The molecule has 1 N–H and O–H groups in total. The number of piperidine rings is 1. The highest BCUT2D eigenvalue weighted by Crippen LogP contribution is 2.28. The summed E-state index contributed by atoms with van der Waals surface area (Å²) in [4.78, 5) is 14.9. The van der Waals surface area contributed by atoms with Crippen LogP contribution in [0.3, 0.4) is 0 Å². The van der Waals surface area contributed by atoms with E-state index in [4.69, 9.17) is 4.98 Å². The van der Waals surface area contributed by atoms with E-state index in [0.29, 0.717) is 5.92 Å². The molecule has 1 atom stereocenters. The molecule has 1 fully saturated rings.